The molecule has 0 bridgehead atoms. The number of rotatable bonds is 5. The highest BCUT2D eigenvalue weighted by Gasteiger charge is 2.27. The summed E-state index contributed by atoms with van der Waals surface area (Å²) in [5, 5.41) is 0.0481. The molecule has 1 aromatic heterocycles. The maximum atomic E-state index is 12.8. The number of nitrogens with two attached hydrogens (primary N) is 1. The maximum Gasteiger partial charge on any atom is 0.283 e. The Bertz CT molecular complexity index is 737. The molecule has 0 saturated heterocycles. The van der Waals surface area contributed by atoms with Gasteiger partial charge < -0.3 is 10.3 Å². The molecule has 0 aliphatic carbocycles. The Morgan fingerprint density at radius 2 is 1.95 bits per heavy atom. The van der Waals surface area contributed by atoms with Gasteiger partial charge in [0.15, 0.2) is 5.03 Å². The van der Waals surface area contributed by atoms with Crippen LogP contribution in [0.25, 0.3) is 0 Å². The highest BCUT2D eigenvalue weighted by Crippen LogP contribution is 2.28. The van der Waals surface area contributed by atoms with Crippen LogP contribution < -0.4 is 10.0 Å². The molecule has 2 aromatic rings. The van der Waals surface area contributed by atoms with E-state index in [1.165, 1.54) is 4.31 Å². The second-order valence-corrected chi connectivity index (χ2v) is 6.45. The molecule has 114 valence electrons. The van der Waals surface area contributed by atoms with E-state index in [2.05, 4.69) is 4.98 Å². The summed E-state index contributed by atoms with van der Waals surface area (Å²) in [6.07, 6.45) is 1.56. The first kappa shape index (κ1) is 15.4. The van der Waals surface area contributed by atoms with Gasteiger partial charge in [0.25, 0.3) is 10.0 Å². The van der Waals surface area contributed by atoms with E-state index >= 15 is 0 Å². The van der Waals surface area contributed by atoms with Gasteiger partial charge in [0.05, 0.1) is 11.4 Å². The number of aromatic nitrogens is 2. The predicted molar refractivity (Wildman–Crippen MR) is 83.7 cm³/mol. The van der Waals surface area contributed by atoms with Gasteiger partial charge in [-0.25, -0.2) is 4.98 Å². The number of sulfonamides is 1. The molecule has 0 atom stereocenters. The topological polar surface area (TPSA) is 81.2 Å². The molecule has 0 amide bonds. The van der Waals surface area contributed by atoms with Crippen LogP contribution in [0.3, 0.4) is 0 Å². The first-order valence-corrected chi connectivity index (χ1v) is 8.26. The van der Waals surface area contributed by atoms with Crippen LogP contribution in [0.2, 0.25) is 0 Å². The molecule has 1 aromatic carbocycles. The molecule has 2 N–H and O–H groups in total. The van der Waals surface area contributed by atoms with Gasteiger partial charge in [-0.15, -0.1) is 0 Å². The minimum atomic E-state index is -3.72. The van der Waals surface area contributed by atoms with Gasteiger partial charge in [-0.05, 0) is 32.9 Å². The highest BCUT2D eigenvalue weighted by atomic mass is 32.2. The van der Waals surface area contributed by atoms with Gasteiger partial charge in [0.2, 0.25) is 0 Å². The Morgan fingerprint density at radius 3 is 2.48 bits per heavy atom. The molecule has 21 heavy (non-hydrogen) atoms. The minimum absolute atomic E-state index is 0.0481. The molecular weight excluding hydrogens is 288 g/mol. The van der Waals surface area contributed by atoms with Gasteiger partial charge in [0, 0.05) is 19.3 Å². The van der Waals surface area contributed by atoms with Crippen molar-refractivity contribution < 1.29 is 8.42 Å². The van der Waals surface area contributed by atoms with E-state index in [1.54, 1.807) is 48.9 Å². The summed E-state index contributed by atoms with van der Waals surface area (Å²) in [6.45, 7) is 6.46. The lowest BCUT2D eigenvalue weighted by Crippen LogP contribution is -2.31. The van der Waals surface area contributed by atoms with Gasteiger partial charge in [-0.1, -0.05) is 12.1 Å². The number of anilines is 2. The van der Waals surface area contributed by atoms with Crippen molar-refractivity contribution in [3.05, 3.63) is 36.3 Å². The number of benzene rings is 1. The number of para-hydroxylation sites is 2. The van der Waals surface area contributed by atoms with E-state index in [0.29, 0.717) is 23.7 Å². The van der Waals surface area contributed by atoms with Crippen LogP contribution in [0.1, 0.15) is 19.7 Å². The summed E-state index contributed by atoms with van der Waals surface area (Å²) in [5.41, 5.74) is 6.80. The van der Waals surface area contributed by atoms with Gasteiger partial charge in [-0.3, -0.25) is 4.31 Å². The van der Waals surface area contributed by atoms with Crippen LogP contribution in [0, 0.1) is 6.92 Å². The lowest BCUT2D eigenvalue weighted by Gasteiger charge is -2.22. The molecule has 0 saturated carbocycles. The van der Waals surface area contributed by atoms with E-state index in [-0.39, 0.29) is 11.6 Å². The zero-order valence-corrected chi connectivity index (χ0v) is 13.3. The average Bonchev–Trinajstić information content (AvgIpc) is 2.83. The molecule has 1 heterocycles. The number of imidazole rings is 1. The van der Waals surface area contributed by atoms with Crippen LogP contribution in [-0.4, -0.2) is 24.5 Å². The molecule has 0 radical (unpaired) electrons. The summed E-state index contributed by atoms with van der Waals surface area (Å²) in [5.74, 6) is 0.674. The lowest BCUT2D eigenvalue weighted by atomic mass is 10.3. The van der Waals surface area contributed by atoms with E-state index in [0.717, 1.165) is 0 Å². The van der Waals surface area contributed by atoms with E-state index in [4.69, 9.17) is 5.73 Å². The van der Waals surface area contributed by atoms with E-state index in [1.807, 2.05) is 6.92 Å². The van der Waals surface area contributed by atoms with Crippen molar-refractivity contribution in [3.8, 4) is 0 Å². The Kier molecular flexibility index (Phi) is 4.22. The van der Waals surface area contributed by atoms with Crippen LogP contribution in [0.5, 0.6) is 0 Å². The Morgan fingerprint density at radius 1 is 1.29 bits per heavy atom. The third-order valence-corrected chi connectivity index (χ3v) is 5.10. The van der Waals surface area contributed by atoms with Crippen LogP contribution in [0.4, 0.5) is 11.4 Å². The maximum absolute atomic E-state index is 12.8. The summed E-state index contributed by atoms with van der Waals surface area (Å²) in [6, 6.07) is 6.92. The van der Waals surface area contributed by atoms with Crippen LogP contribution >= 0.6 is 0 Å². The number of nitrogens with zero attached hydrogens (tertiary/aromatic N) is 3. The summed E-state index contributed by atoms with van der Waals surface area (Å²) >= 11 is 0. The summed E-state index contributed by atoms with van der Waals surface area (Å²) < 4.78 is 28.7. The van der Waals surface area contributed by atoms with Crippen LogP contribution in [0.15, 0.2) is 35.5 Å². The van der Waals surface area contributed by atoms with Crippen molar-refractivity contribution in [2.75, 3.05) is 16.6 Å². The van der Waals surface area contributed by atoms with E-state index < -0.39 is 10.0 Å². The normalized spacial score (nSPS) is 11.6. The molecular formula is C14H20N4O2S. The minimum Gasteiger partial charge on any atom is -0.397 e. The number of aryl methyl sites for hydroxylation is 2. The molecule has 0 aliphatic heterocycles. The first-order chi connectivity index (χ1) is 9.91. The Labute approximate surface area is 125 Å². The molecule has 7 heteroatoms. The number of hydrogen-bond donors (Lipinski definition) is 1. The standard InChI is InChI=1S/C14H20N4O2S/c1-4-17-10-14(16-11(17)3)21(19,20)18(5-2)13-9-7-6-8-12(13)15/h6-10H,4-5,15H2,1-3H3. The highest BCUT2D eigenvalue weighted by molar-refractivity contribution is 7.92. The predicted octanol–water partition coefficient (Wildman–Crippen LogP) is 2.01. The monoisotopic (exact) mass is 308 g/mol. The molecule has 0 spiro atoms. The third-order valence-electron chi connectivity index (χ3n) is 3.34. The van der Waals surface area contributed by atoms with Crippen molar-refractivity contribution in [3.63, 3.8) is 0 Å². The van der Waals surface area contributed by atoms with Crippen molar-refractivity contribution in [1.82, 2.24) is 9.55 Å². The smallest absolute Gasteiger partial charge is 0.283 e. The largest absolute Gasteiger partial charge is 0.397 e. The van der Waals surface area contributed by atoms with Gasteiger partial charge in [-0.2, -0.15) is 8.42 Å². The molecule has 6 nitrogen and oxygen atoms in total. The SMILES string of the molecule is CCN(c1ccccc1N)S(=O)(=O)c1cn(CC)c(C)n1. The summed E-state index contributed by atoms with van der Waals surface area (Å²) in [4.78, 5) is 4.17. The number of nitrogen functional groups attached to an aromatic ring is 1. The molecule has 0 unspecified atom stereocenters. The van der Waals surface area contributed by atoms with Crippen molar-refractivity contribution in [1.29, 1.82) is 0 Å². The van der Waals surface area contributed by atoms with Gasteiger partial charge >= 0.3 is 0 Å². The molecule has 0 fully saturated rings. The zero-order chi connectivity index (χ0) is 15.6. The fourth-order valence-electron chi connectivity index (χ4n) is 2.22. The fraction of sp³-hybridized carbons (Fsp3) is 0.357. The molecule has 2 rings (SSSR count). The van der Waals surface area contributed by atoms with Gasteiger partial charge in [0.1, 0.15) is 5.82 Å². The van der Waals surface area contributed by atoms with Crippen molar-refractivity contribution in [2.45, 2.75) is 32.3 Å². The second-order valence-electron chi connectivity index (χ2n) is 4.64. The second kappa shape index (κ2) is 5.77. The van der Waals surface area contributed by atoms with Crippen molar-refractivity contribution in [2.24, 2.45) is 0 Å². The summed E-state index contributed by atoms with van der Waals surface area (Å²) in [7, 11) is -3.72. The quantitative estimate of drug-likeness (QED) is 0.857. The Hall–Kier alpha value is -2.02. The first-order valence-electron chi connectivity index (χ1n) is 6.82. The molecule has 0 aliphatic rings. The van der Waals surface area contributed by atoms with Crippen LogP contribution in [-0.2, 0) is 16.6 Å². The third kappa shape index (κ3) is 2.73. The fourth-order valence-corrected chi connectivity index (χ4v) is 3.72. The van der Waals surface area contributed by atoms with Crippen molar-refractivity contribution >= 4 is 21.4 Å². The Balaban J connectivity index is 2.52. The number of hydrogen-bond acceptors (Lipinski definition) is 4. The lowest BCUT2D eigenvalue weighted by molar-refractivity contribution is 0.588. The average molecular weight is 308 g/mol. The van der Waals surface area contributed by atoms with E-state index in [9.17, 15) is 8.42 Å². The zero-order valence-electron chi connectivity index (χ0n) is 12.4.